The van der Waals surface area contributed by atoms with E-state index in [9.17, 15) is 4.79 Å². The average Bonchev–Trinajstić information content (AvgIpc) is 3.37. The van der Waals surface area contributed by atoms with Crippen molar-refractivity contribution in [1.82, 2.24) is 15.5 Å². The van der Waals surface area contributed by atoms with Crippen molar-refractivity contribution in [2.75, 3.05) is 40.4 Å². The molecule has 0 heterocycles. The van der Waals surface area contributed by atoms with Gasteiger partial charge in [-0.15, -0.1) is 0 Å². The van der Waals surface area contributed by atoms with Crippen LogP contribution >= 0.6 is 0 Å². The summed E-state index contributed by atoms with van der Waals surface area (Å²) in [5, 5.41) is 6.24. The molecule has 0 unspecified atom stereocenters. The minimum atomic E-state index is 0.0523. The third kappa shape index (κ3) is 7.20. The van der Waals surface area contributed by atoms with Gasteiger partial charge in [-0.3, -0.25) is 9.79 Å². The Morgan fingerprint density at radius 2 is 1.96 bits per heavy atom. The molecule has 1 amide bonds. The molecular formula is C17H32N4O2. The highest BCUT2D eigenvalue weighted by atomic mass is 16.5. The molecule has 0 saturated heterocycles. The zero-order valence-electron chi connectivity index (χ0n) is 14.6. The van der Waals surface area contributed by atoms with E-state index in [4.69, 9.17) is 4.74 Å². The summed E-state index contributed by atoms with van der Waals surface area (Å²) in [6.45, 7) is 2.62. The summed E-state index contributed by atoms with van der Waals surface area (Å²) in [7, 11) is 3.71. The van der Waals surface area contributed by atoms with Crippen molar-refractivity contribution >= 4 is 11.9 Å². The Kier molecular flexibility index (Phi) is 7.65. The number of ether oxygens (including phenoxy) is 1. The molecule has 0 radical (unpaired) electrons. The molecule has 2 saturated carbocycles. The van der Waals surface area contributed by atoms with Gasteiger partial charge in [0.15, 0.2) is 5.96 Å². The smallest absolute Gasteiger partial charge is 0.239 e. The Morgan fingerprint density at radius 3 is 2.61 bits per heavy atom. The highest BCUT2D eigenvalue weighted by Crippen LogP contribution is 2.28. The zero-order chi connectivity index (χ0) is 16.5. The van der Waals surface area contributed by atoms with Gasteiger partial charge in [-0.2, -0.15) is 0 Å². The number of carbonyl (C=O) groups is 1. The Bertz CT molecular complexity index is 390. The number of nitrogens with one attached hydrogen (secondary N) is 2. The predicted molar refractivity (Wildman–Crippen MR) is 92.6 cm³/mol. The van der Waals surface area contributed by atoms with Gasteiger partial charge in [-0.25, -0.2) is 0 Å². The SMILES string of the molecule is CN=C(NCC(=O)NC1CCCCC1)N(C)CCOCC1CC1. The van der Waals surface area contributed by atoms with Crippen molar-refractivity contribution in [3.05, 3.63) is 0 Å². The summed E-state index contributed by atoms with van der Waals surface area (Å²) in [5.74, 6) is 1.58. The molecule has 0 aliphatic heterocycles. The lowest BCUT2D eigenvalue weighted by Crippen LogP contribution is -2.47. The van der Waals surface area contributed by atoms with Crippen LogP contribution in [0.3, 0.4) is 0 Å². The van der Waals surface area contributed by atoms with E-state index in [0.29, 0.717) is 12.6 Å². The Morgan fingerprint density at radius 1 is 1.22 bits per heavy atom. The van der Waals surface area contributed by atoms with Crippen molar-refractivity contribution in [3.8, 4) is 0 Å². The van der Waals surface area contributed by atoms with Crippen LogP contribution in [-0.2, 0) is 9.53 Å². The number of hydrogen-bond acceptors (Lipinski definition) is 3. The number of likely N-dealkylation sites (N-methyl/N-ethyl adjacent to an activating group) is 1. The second kappa shape index (κ2) is 9.75. The van der Waals surface area contributed by atoms with Crippen LogP contribution in [0.15, 0.2) is 4.99 Å². The zero-order valence-corrected chi connectivity index (χ0v) is 14.6. The molecule has 0 bridgehead atoms. The summed E-state index contributed by atoms with van der Waals surface area (Å²) in [4.78, 5) is 18.3. The van der Waals surface area contributed by atoms with Gasteiger partial charge in [-0.1, -0.05) is 19.3 Å². The van der Waals surface area contributed by atoms with Crippen LogP contribution in [0.1, 0.15) is 44.9 Å². The van der Waals surface area contributed by atoms with Crippen molar-refractivity contribution in [2.45, 2.75) is 51.0 Å². The van der Waals surface area contributed by atoms with Crippen LogP contribution in [0.4, 0.5) is 0 Å². The third-order valence-electron chi connectivity index (χ3n) is 4.57. The minimum absolute atomic E-state index is 0.0523. The van der Waals surface area contributed by atoms with Gasteiger partial charge in [-0.05, 0) is 31.6 Å². The first kappa shape index (κ1) is 18.0. The predicted octanol–water partition coefficient (Wildman–Crippen LogP) is 1.37. The molecule has 2 aliphatic rings. The van der Waals surface area contributed by atoms with E-state index in [1.807, 2.05) is 11.9 Å². The fourth-order valence-corrected chi connectivity index (χ4v) is 2.91. The molecule has 0 spiro atoms. The molecule has 0 atom stereocenters. The second-order valence-corrected chi connectivity index (χ2v) is 6.74. The quantitative estimate of drug-likeness (QED) is 0.402. The van der Waals surface area contributed by atoms with Crippen molar-refractivity contribution in [2.24, 2.45) is 10.9 Å². The molecule has 0 aromatic carbocycles. The first-order valence-electron chi connectivity index (χ1n) is 8.98. The normalized spacial score (nSPS) is 19.5. The standard InChI is InChI=1S/C17H32N4O2/c1-18-17(21(2)10-11-23-13-14-8-9-14)19-12-16(22)20-15-6-4-3-5-7-15/h14-15H,3-13H2,1-2H3,(H,18,19)(H,20,22). The number of rotatable bonds is 8. The molecule has 0 aromatic rings. The number of guanidine groups is 1. The van der Waals surface area contributed by atoms with Crippen molar-refractivity contribution < 1.29 is 9.53 Å². The van der Waals surface area contributed by atoms with Crippen LogP contribution in [0.25, 0.3) is 0 Å². The molecule has 6 heteroatoms. The molecule has 132 valence electrons. The molecule has 23 heavy (non-hydrogen) atoms. The van der Waals surface area contributed by atoms with E-state index >= 15 is 0 Å². The molecule has 2 rings (SSSR count). The van der Waals surface area contributed by atoms with Gasteiger partial charge in [0, 0.05) is 33.3 Å². The molecule has 0 aromatic heterocycles. The van der Waals surface area contributed by atoms with Gasteiger partial charge in [0.25, 0.3) is 0 Å². The first-order chi connectivity index (χ1) is 11.2. The Labute approximate surface area is 140 Å². The third-order valence-corrected chi connectivity index (χ3v) is 4.57. The maximum absolute atomic E-state index is 12.0. The van der Waals surface area contributed by atoms with E-state index in [0.717, 1.165) is 37.9 Å². The molecule has 6 nitrogen and oxygen atoms in total. The average molecular weight is 324 g/mol. The minimum Gasteiger partial charge on any atom is -0.379 e. The van der Waals surface area contributed by atoms with E-state index in [2.05, 4.69) is 15.6 Å². The van der Waals surface area contributed by atoms with Crippen molar-refractivity contribution in [3.63, 3.8) is 0 Å². The van der Waals surface area contributed by atoms with Crippen LogP contribution < -0.4 is 10.6 Å². The number of aliphatic imine (C=N–C) groups is 1. The molecule has 2 fully saturated rings. The molecule has 2 aliphatic carbocycles. The summed E-state index contributed by atoms with van der Waals surface area (Å²) < 4.78 is 5.65. The van der Waals surface area contributed by atoms with E-state index < -0.39 is 0 Å². The van der Waals surface area contributed by atoms with Crippen LogP contribution in [0.5, 0.6) is 0 Å². The summed E-state index contributed by atoms with van der Waals surface area (Å²) >= 11 is 0. The largest absolute Gasteiger partial charge is 0.379 e. The van der Waals surface area contributed by atoms with Gasteiger partial charge in [0.1, 0.15) is 0 Å². The van der Waals surface area contributed by atoms with Crippen LogP contribution in [0.2, 0.25) is 0 Å². The molecule has 2 N–H and O–H groups in total. The summed E-state index contributed by atoms with van der Waals surface area (Å²) in [6.07, 6.45) is 8.60. The maximum Gasteiger partial charge on any atom is 0.239 e. The van der Waals surface area contributed by atoms with Gasteiger partial charge < -0.3 is 20.3 Å². The highest BCUT2D eigenvalue weighted by Gasteiger charge is 2.21. The molecular weight excluding hydrogens is 292 g/mol. The lowest BCUT2D eigenvalue weighted by molar-refractivity contribution is -0.120. The summed E-state index contributed by atoms with van der Waals surface area (Å²) in [6, 6.07) is 0.355. The maximum atomic E-state index is 12.0. The van der Waals surface area contributed by atoms with Gasteiger partial charge >= 0.3 is 0 Å². The number of amides is 1. The lowest BCUT2D eigenvalue weighted by Gasteiger charge is -2.24. The lowest BCUT2D eigenvalue weighted by atomic mass is 9.95. The Hall–Kier alpha value is -1.30. The fraction of sp³-hybridized carbons (Fsp3) is 0.882. The van der Waals surface area contributed by atoms with Crippen molar-refractivity contribution in [1.29, 1.82) is 0 Å². The van der Waals surface area contributed by atoms with E-state index in [-0.39, 0.29) is 12.5 Å². The number of hydrogen-bond donors (Lipinski definition) is 2. The fourth-order valence-electron chi connectivity index (χ4n) is 2.91. The number of nitrogens with zero attached hydrogens (tertiary/aromatic N) is 2. The van der Waals surface area contributed by atoms with Gasteiger partial charge in [0.2, 0.25) is 5.91 Å². The second-order valence-electron chi connectivity index (χ2n) is 6.74. The van der Waals surface area contributed by atoms with E-state index in [1.165, 1.54) is 32.1 Å². The van der Waals surface area contributed by atoms with Crippen LogP contribution in [-0.4, -0.2) is 63.2 Å². The topological polar surface area (TPSA) is 66.0 Å². The first-order valence-corrected chi connectivity index (χ1v) is 8.98. The van der Waals surface area contributed by atoms with Gasteiger partial charge in [0.05, 0.1) is 13.2 Å². The van der Waals surface area contributed by atoms with Crippen LogP contribution in [0, 0.1) is 5.92 Å². The monoisotopic (exact) mass is 324 g/mol. The Balaban J connectivity index is 1.59. The number of carbonyl (C=O) groups excluding carboxylic acids is 1. The summed E-state index contributed by atoms with van der Waals surface area (Å²) in [5.41, 5.74) is 0. The highest BCUT2D eigenvalue weighted by molar-refractivity contribution is 5.86. The van der Waals surface area contributed by atoms with E-state index in [1.54, 1.807) is 7.05 Å².